The molecule has 102 valence electrons. The number of nitrogens with two attached hydrogens (primary N) is 1. The second kappa shape index (κ2) is 4.47. The molecule has 0 aliphatic heterocycles. The van der Waals surface area contributed by atoms with Crippen LogP contribution in [0, 0.1) is 23.0 Å². The van der Waals surface area contributed by atoms with Gasteiger partial charge in [0.15, 0.2) is 0 Å². The number of benzene rings is 1. The van der Waals surface area contributed by atoms with Gasteiger partial charge in [-0.05, 0) is 43.7 Å². The van der Waals surface area contributed by atoms with Crippen molar-refractivity contribution in [2.45, 2.75) is 31.7 Å². The van der Waals surface area contributed by atoms with Crippen LogP contribution in [-0.4, -0.2) is 18.4 Å². The van der Waals surface area contributed by atoms with Gasteiger partial charge in [-0.1, -0.05) is 0 Å². The van der Waals surface area contributed by atoms with Crippen molar-refractivity contribution in [1.29, 1.82) is 5.41 Å². The van der Waals surface area contributed by atoms with Gasteiger partial charge in [-0.3, -0.25) is 5.41 Å². The van der Waals surface area contributed by atoms with E-state index in [9.17, 15) is 8.78 Å². The van der Waals surface area contributed by atoms with Crippen molar-refractivity contribution in [1.82, 2.24) is 0 Å². The number of nitrogen functional groups attached to an aromatic ring is 1. The Hall–Kier alpha value is -1.65. The van der Waals surface area contributed by atoms with Crippen LogP contribution < -0.4 is 10.6 Å². The zero-order valence-electron chi connectivity index (χ0n) is 10.6. The Morgan fingerprint density at radius 1 is 1.21 bits per heavy atom. The monoisotopic (exact) mass is 265 g/mol. The standard InChI is InChI=1S/C14H17F2N3/c15-11-5-9(14(17)18)6-12(16)13(11)19(10-3-4-10)7-8-1-2-8/h5-6,8,10H,1-4,7H2,(H3,17,18). The zero-order valence-corrected chi connectivity index (χ0v) is 10.6. The topological polar surface area (TPSA) is 53.1 Å². The average Bonchev–Trinajstić information content (AvgIpc) is 3.20. The van der Waals surface area contributed by atoms with E-state index in [0.717, 1.165) is 44.4 Å². The summed E-state index contributed by atoms with van der Waals surface area (Å²) in [6, 6.07) is 2.58. The third-order valence-electron chi connectivity index (χ3n) is 3.75. The highest BCUT2D eigenvalue weighted by Crippen LogP contribution is 2.39. The second-order valence-corrected chi connectivity index (χ2v) is 5.53. The molecule has 2 aliphatic carbocycles. The van der Waals surface area contributed by atoms with Gasteiger partial charge in [0, 0.05) is 18.2 Å². The highest BCUT2D eigenvalue weighted by Gasteiger charge is 2.36. The van der Waals surface area contributed by atoms with Crippen LogP contribution in [-0.2, 0) is 0 Å². The number of hydrogen-bond donors (Lipinski definition) is 2. The fourth-order valence-electron chi connectivity index (χ4n) is 2.38. The first-order valence-corrected chi connectivity index (χ1v) is 6.66. The van der Waals surface area contributed by atoms with Crippen molar-refractivity contribution in [2.75, 3.05) is 11.4 Å². The van der Waals surface area contributed by atoms with E-state index >= 15 is 0 Å². The number of halogens is 2. The Bertz CT molecular complexity index is 498. The number of amidine groups is 1. The van der Waals surface area contributed by atoms with Crippen LogP contribution in [0.2, 0.25) is 0 Å². The lowest BCUT2D eigenvalue weighted by molar-refractivity contribution is 0.563. The third-order valence-corrected chi connectivity index (χ3v) is 3.75. The number of rotatable bonds is 5. The number of nitrogens with zero attached hydrogens (tertiary/aromatic N) is 1. The molecule has 0 amide bonds. The molecule has 0 saturated heterocycles. The Kier molecular flexibility index (Phi) is 2.92. The molecular weight excluding hydrogens is 248 g/mol. The number of anilines is 1. The minimum absolute atomic E-state index is 0.0550. The second-order valence-electron chi connectivity index (χ2n) is 5.53. The van der Waals surface area contributed by atoms with Crippen molar-refractivity contribution < 1.29 is 8.78 Å². The molecular formula is C14H17F2N3. The Morgan fingerprint density at radius 2 is 1.79 bits per heavy atom. The molecule has 1 aromatic rings. The molecule has 0 radical (unpaired) electrons. The highest BCUT2D eigenvalue weighted by atomic mass is 19.1. The van der Waals surface area contributed by atoms with Crippen molar-refractivity contribution in [3.8, 4) is 0 Å². The Morgan fingerprint density at radius 3 is 2.21 bits per heavy atom. The maximum Gasteiger partial charge on any atom is 0.150 e. The van der Waals surface area contributed by atoms with Gasteiger partial charge in [-0.25, -0.2) is 8.78 Å². The fourth-order valence-corrected chi connectivity index (χ4v) is 2.38. The highest BCUT2D eigenvalue weighted by molar-refractivity contribution is 5.95. The number of hydrogen-bond acceptors (Lipinski definition) is 2. The van der Waals surface area contributed by atoms with Crippen LogP contribution in [0.5, 0.6) is 0 Å². The molecule has 0 spiro atoms. The maximum absolute atomic E-state index is 14.1. The molecule has 2 saturated carbocycles. The van der Waals surface area contributed by atoms with Crippen LogP contribution in [0.3, 0.4) is 0 Å². The van der Waals surface area contributed by atoms with E-state index in [4.69, 9.17) is 11.1 Å². The summed E-state index contributed by atoms with van der Waals surface area (Å²) in [7, 11) is 0. The summed E-state index contributed by atoms with van der Waals surface area (Å²) < 4.78 is 28.3. The summed E-state index contributed by atoms with van der Waals surface area (Å²) >= 11 is 0. The third kappa shape index (κ3) is 2.55. The summed E-state index contributed by atoms with van der Waals surface area (Å²) in [5, 5.41) is 7.26. The maximum atomic E-state index is 14.1. The van der Waals surface area contributed by atoms with Gasteiger partial charge in [0.25, 0.3) is 0 Å². The molecule has 1 aromatic carbocycles. The van der Waals surface area contributed by atoms with Crippen molar-refractivity contribution in [3.63, 3.8) is 0 Å². The summed E-state index contributed by atoms with van der Waals surface area (Å²) in [4.78, 5) is 1.87. The summed E-state index contributed by atoms with van der Waals surface area (Å²) in [5.41, 5.74) is 5.43. The molecule has 3 rings (SSSR count). The molecule has 3 N–H and O–H groups in total. The molecule has 2 fully saturated rings. The van der Waals surface area contributed by atoms with E-state index in [-0.39, 0.29) is 23.1 Å². The molecule has 0 bridgehead atoms. The van der Waals surface area contributed by atoms with Crippen molar-refractivity contribution in [2.24, 2.45) is 11.7 Å². The first kappa shape index (κ1) is 12.4. The van der Waals surface area contributed by atoms with E-state index in [1.165, 1.54) is 0 Å². The quantitative estimate of drug-likeness (QED) is 0.635. The molecule has 0 heterocycles. The van der Waals surface area contributed by atoms with Gasteiger partial charge in [0.2, 0.25) is 0 Å². The summed E-state index contributed by atoms with van der Waals surface area (Å²) in [6.45, 7) is 0.734. The molecule has 3 nitrogen and oxygen atoms in total. The minimum Gasteiger partial charge on any atom is -0.384 e. The SMILES string of the molecule is N=C(N)c1cc(F)c(N(CC2CC2)C2CC2)c(F)c1. The van der Waals surface area contributed by atoms with Crippen molar-refractivity contribution in [3.05, 3.63) is 29.3 Å². The molecule has 0 unspecified atom stereocenters. The number of nitrogens with one attached hydrogen (secondary N) is 1. The van der Waals surface area contributed by atoms with Gasteiger partial charge in [0.05, 0.1) is 0 Å². The molecule has 5 heteroatoms. The lowest BCUT2D eigenvalue weighted by Crippen LogP contribution is -2.30. The normalized spacial score (nSPS) is 18.4. The van der Waals surface area contributed by atoms with Gasteiger partial charge < -0.3 is 10.6 Å². The van der Waals surface area contributed by atoms with Gasteiger partial charge in [0.1, 0.15) is 23.2 Å². The van der Waals surface area contributed by atoms with Crippen molar-refractivity contribution >= 4 is 11.5 Å². The van der Waals surface area contributed by atoms with Crippen LogP contribution in [0.1, 0.15) is 31.2 Å². The Balaban J connectivity index is 1.94. The summed E-state index contributed by atoms with van der Waals surface area (Å²) in [6.07, 6.45) is 4.30. The van der Waals surface area contributed by atoms with Crippen LogP contribution in [0.4, 0.5) is 14.5 Å². The van der Waals surface area contributed by atoms with E-state index in [2.05, 4.69) is 0 Å². The van der Waals surface area contributed by atoms with Gasteiger partial charge >= 0.3 is 0 Å². The van der Waals surface area contributed by atoms with Gasteiger partial charge in [-0.2, -0.15) is 0 Å². The molecule has 2 aliphatic rings. The fraction of sp³-hybridized carbons (Fsp3) is 0.500. The van der Waals surface area contributed by atoms with E-state index in [1.54, 1.807) is 0 Å². The molecule has 0 aromatic heterocycles. The average molecular weight is 265 g/mol. The van der Waals surface area contributed by atoms with Gasteiger partial charge in [-0.15, -0.1) is 0 Å². The lowest BCUT2D eigenvalue weighted by Gasteiger charge is -2.26. The van der Waals surface area contributed by atoms with Crippen LogP contribution in [0.25, 0.3) is 0 Å². The smallest absolute Gasteiger partial charge is 0.150 e. The zero-order chi connectivity index (χ0) is 13.6. The molecule has 19 heavy (non-hydrogen) atoms. The van der Waals surface area contributed by atoms with E-state index in [0.29, 0.717) is 5.92 Å². The predicted octanol–water partition coefficient (Wildman–Crippen LogP) is 2.63. The lowest BCUT2D eigenvalue weighted by atomic mass is 10.1. The largest absolute Gasteiger partial charge is 0.384 e. The first-order valence-electron chi connectivity index (χ1n) is 6.66. The molecule has 0 atom stereocenters. The summed E-state index contributed by atoms with van der Waals surface area (Å²) in [5.74, 6) is -0.966. The van der Waals surface area contributed by atoms with Crippen LogP contribution >= 0.6 is 0 Å². The van der Waals surface area contributed by atoms with E-state index < -0.39 is 11.6 Å². The minimum atomic E-state index is -0.613. The Labute approximate surface area is 110 Å². The first-order chi connectivity index (χ1) is 9.06. The van der Waals surface area contributed by atoms with E-state index in [1.807, 2.05) is 4.90 Å². The predicted molar refractivity (Wildman–Crippen MR) is 70.5 cm³/mol. The van der Waals surface area contributed by atoms with Crippen LogP contribution in [0.15, 0.2) is 12.1 Å².